The number of rotatable bonds is 4. The van der Waals surface area contributed by atoms with Crippen LogP contribution >= 0.6 is 0 Å². The summed E-state index contributed by atoms with van der Waals surface area (Å²) in [4.78, 5) is 18.4. The number of carboxylic acids is 1. The van der Waals surface area contributed by atoms with E-state index in [0.717, 1.165) is 37.9 Å². The fraction of sp³-hybridized carbons (Fsp3) is 0.429. The SMILES string of the molecule is O=C(O)[C@@]12CCCC[C@@H]1CN(Cc1cccc(-c3ccncc3)c1)C2. The Balaban J connectivity index is 1.53. The van der Waals surface area contributed by atoms with Crippen LogP contribution in [-0.2, 0) is 11.3 Å². The third-order valence-corrected chi connectivity index (χ3v) is 5.96. The van der Waals surface area contributed by atoms with E-state index in [1.165, 1.54) is 17.5 Å². The van der Waals surface area contributed by atoms with Crippen LogP contribution in [0.15, 0.2) is 48.8 Å². The highest BCUT2D eigenvalue weighted by Crippen LogP contribution is 2.47. The van der Waals surface area contributed by atoms with Gasteiger partial charge in [0, 0.05) is 32.0 Å². The van der Waals surface area contributed by atoms with Crippen LogP contribution in [0.5, 0.6) is 0 Å². The van der Waals surface area contributed by atoms with Gasteiger partial charge in [0.2, 0.25) is 0 Å². The van der Waals surface area contributed by atoms with Crippen molar-refractivity contribution >= 4 is 5.97 Å². The number of hydrogen-bond donors (Lipinski definition) is 1. The molecule has 25 heavy (non-hydrogen) atoms. The molecular formula is C21H24N2O2. The van der Waals surface area contributed by atoms with Crippen molar-refractivity contribution < 1.29 is 9.90 Å². The molecule has 1 aliphatic carbocycles. The number of aliphatic carboxylic acids is 1. The maximum Gasteiger partial charge on any atom is 0.311 e. The normalized spacial score (nSPS) is 26.3. The topological polar surface area (TPSA) is 53.4 Å². The van der Waals surface area contributed by atoms with Crippen LogP contribution in [0.4, 0.5) is 0 Å². The second-order valence-electron chi connectivity index (χ2n) is 7.51. The number of benzene rings is 1. The zero-order valence-corrected chi connectivity index (χ0v) is 14.4. The number of pyridine rings is 1. The van der Waals surface area contributed by atoms with Gasteiger partial charge in [-0.15, -0.1) is 0 Å². The molecule has 1 saturated heterocycles. The highest BCUT2D eigenvalue weighted by molar-refractivity contribution is 5.76. The maximum absolute atomic E-state index is 12.0. The molecule has 1 aromatic carbocycles. The zero-order valence-electron chi connectivity index (χ0n) is 14.4. The highest BCUT2D eigenvalue weighted by Gasteiger charge is 2.52. The zero-order chi connectivity index (χ0) is 17.3. The summed E-state index contributed by atoms with van der Waals surface area (Å²) in [7, 11) is 0. The van der Waals surface area contributed by atoms with Crippen LogP contribution in [0.2, 0.25) is 0 Å². The molecule has 4 heteroatoms. The standard InChI is InChI=1S/C21H24N2O2/c24-20(25)21-9-2-1-6-19(21)14-23(15-21)13-16-4-3-5-18(12-16)17-7-10-22-11-8-17/h3-5,7-8,10-12,19H,1-2,6,9,13-15H2,(H,24,25)/t19-,21-/m1/s1. The van der Waals surface area contributed by atoms with Gasteiger partial charge in [-0.2, -0.15) is 0 Å². The lowest BCUT2D eigenvalue weighted by molar-refractivity contribution is -0.152. The summed E-state index contributed by atoms with van der Waals surface area (Å²) < 4.78 is 0. The van der Waals surface area contributed by atoms with Crippen molar-refractivity contribution in [3.05, 3.63) is 54.4 Å². The van der Waals surface area contributed by atoms with Crippen molar-refractivity contribution in [1.29, 1.82) is 0 Å². The minimum atomic E-state index is -0.592. The second kappa shape index (κ2) is 6.60. The van der Waals surface area contributed by atoms with Crippen LogP contribution in [0.1, 0.15) is 31.2 Å². The van der Waals surface area contributed by atoms with E-state index >= 15 is 0 Å². The number of carbonyl (C=O) groups is 1. The average Bonchev–Trinajstić information content (AvgIpc) is 3.02. The van der Waals surface area contributed by atoms with Crippen molar-refractivity contribution in [2.24, 2.45) is 11.3 Å². The molecule has 2 aliphatic rings. The molecule has 130 valence electrons. The largest absolute Gasteiger partial charge is 0.481 e. The van der Waals surface area contributed by atoms with Crippen LogP contribution < -0.4 is 0 Å². The predicted molar refractivity (Wildman–Crippen MR) is 97.0 cm³/mol. The molecule has 2 atom stereocenters. The Labute approximate surface area is 148 Å². The van der Waals surface area contributed by atoms with Crippen LogP contribution in [0.25, 0.3) is 11.1 Å². The molecule has 4 rings (SSSR count). The number of nitrogens with zero attached hydrogens (tertiary/aromatic N) is 2. The summed E-state index contributed by atoms with van der Waals surface area (Å²) in [5.41, 5.74) is 3.08. The first kappa shape index (κ1) is 16.3. The van der Waals surface area contributed by atoms with E-state index < -0.39 is 11.4 Å². The molecule has 1 saturated carbocycles. The minimum Gasteiger partial charge on any atom is -0.481 e. The molecule has 0 amide bonds. The molecule has 0 spiro atoms. The van der Waals surface area contributed by atoms with Gasteiger partial charge < -0.3 is 5.11 Å². The maximum atomic E-state index is 12.0. The fourth-order valence-electron chi connectivity index (χ4n) is 4.68. The van der Waals surface area contributed by atoms with E-state index in [1.807, 2.05) is 24.5 Å². The first-order valence-electron chi connectivity index (χ1n) is 9.12. The van der Waals surface area contributed by atoms with E-state index in [1.54, 1.807) is 0 Å². The first-order chi connectivity index (χ1) is 12.2. The van der Waals surface area contributed by atoms with Gasteiger partial charge in [-0.05, 0) is 53.6 Å². The third-order valence-electron chi connectivity index (χ3n) is 5.96. The Morgan fingerprint density at radius 2 is 2.04 bits per heavy atom. The van der Waals surface area contributed by atoms with Crippen molar-refractivity contribution in [2.45, 2.75) is 32.2 Å². The van der Waals surface area contributed by atoms with Gasteiger partial charge in [-0.25, -0.2) is 0 Å². The molecule has 1 N–H and O–H groups in total. The van der Waals surface area contributed by atoms with Crippen LogP contribution in [0, 0.1) is 11.3 Å². The van der Waals surface area contributed by atoms with Crippen molar-refractivity contribution in [2.75, 3.05) is 13.1 Å². The Morgan fingerprint density at radius 3 is 2.80 bits per heavy atom. The van der Waals surface area contributed by atoms with Gasteiger partial charge in [0.25, 0.3) is 0 Å². The second-order valence-corrected chi connectivity index (χ2v) is 7.51. The van der Waals surface area contributed by atoms with Crippen molar-refractivity contribution in [3.8, 4) is 11.1 Å². The van der Waals surface area contributed by atoms with E-state index in [-0.39, 0.29) is 0 Å². The van der Waals surface area contributed by atoms with Gasteiger partial charge in [0.1, 0.15) is 0 Å². The number of carboxylic acid groups (broad SMARTS) is 1. The summed E-state index contributed by atoms with van der Waals surface area (Å²) in [6, 6.07) is 12.6. The lowest BCUT2D eigenvalue weighted by Gasteiger charge is -2.34. The summed E-state index contributed by atoms with van der Waals surface area (Å²) in [6.07, 6.45) is 7.73. The minimum absolute atomic E-state index is 0.308. The Bertz CT molecular complexity index is 762. The molecule has 4 nitrogen and oxygen atoms in total. The summed E-state index contributed by atoms with van der Waals surface area (Å²) >= 11 is 0. The van der Waals surface area contributed by atoms with Crippen molar-refractivity contribution in [3.63, 3.8) is 0 Å². The van der Waals surface area contributed by atoms with Gasteiger partial charge in [0.05, 0.1) is 5.41 Å². The van der Waals surface area contributed by atoms with E-state index in [2.05, 4.69) is 34.1 Å². The molecule has 1 aromatic heterocycles. The van der Waals surface area contributed by atoms with Gasteiger partial charge in [-0.1, -0.05) is 31.0 Å². The molecule has 2 heterocycles. The molecule has 2 aromatic rings. The number of likely N-dealkylation sites (tertiary alicyclic amines) is 1. The Kier molecular flexibility index (Phi) is 4.30. The Morgan fingerprint density at radius 1 is 1.20 bits per heavy atom. The molecule has 0 unspecified atom stereocenters. The lowest BCUT2D eigenvalue weighted by atomic mass is 9.68. The fourth-order valence-corrected chi connectivity index (χ4v) is 4.68. The number of hydrogen-bond acceptors (Lipinski definition) is 3. The van der Waals surface area contributed by atoms with Crippen LogP contribution in [0.3, 0.4) is 0 Å². The lowest BCUT2D eigenvalue weighted by Crippen LogP contribution is -2.41. The van der Waals surface area contributed by atoms with E-state index in [9.17, 15) is 9.90 Å². The number of aromatic nitrogens is 1. The first-order valence-corrected chi connectivity index (χ1v) is 9.12. The van der Waals surface area contributed by atoms with Crippen LogP contribution in [-0.4, -0.2) is 34.0 Å². The van der Waals surface area contributed by atoms with E-state index in [0.29, 0.717) is 12.5 Å². The highest BCUT2D eigenvalue weighted by atomic mass is 16.4. The molecular weight excluding hydrogens is 312 g/mol. The van der Waals surface area contributed by atoms with Gasteiger partial charge >= 0.3 is 5.97 Å². The quantitative estimate of drug-likeness (QED) is 0.922. The number of fused-ring (bicyclic) bond motifs is 1. The molecule has 0 bridgehead atoms. The third kappa shape index (κ3) is 3.07. The van der Waals surface area contributed by atoms with Gasteiger partial charge in [-0.3, -0.25) is 14.7 Å². The predicted octanol–water partition coefficient (Wildman–Crippen LogP) is 3.83. The summed E-state index contributed by atoms with van der Waals surface area (Å²) in [6.45, 7) is 2.42. The molecule has 0 radical (unpaired) electrons. The molecule has 2 fully saturated rings. The summed E-state index contributed by atoms with van der Waals surface area (Å²) in [5.74, 6) is -0.285. The smallest absolute Gasteiger partial charge is 0.311 e. The Hall–Kier alpha value is -2.20. The monoisotopic (exact) mass is 336 g/mol. The van der Waals surface area contributed by atoms with Gasteiger partial charge in [0.15, 0.2) is 0 Å². The molecule has 1 aliphatic heterocycles. The van der Waals surface area contributed by atoms with Crippen molar-refractivity contribution in [1.82, 2.24) is 9.88 Å². The summed E-state index contributed by atoms with van der Waals surface area (Å²) in [5, 5.41) is 9.84. The average molecular weight is 336 g/mol. The van der Waals surface area contributed by atoms with E-state index in [4.69, 9.17) is 0 Å².